The van der Waals surface area contributed by atoms with Crippen LogP contribution in [0.1, 0.15) is 37.4 Å². The monoisotopic (exact) mass is 440 g/mol. The zero-order valence-electron chi connectivity index (χ0n) is 17.1. The van der Waals surface area contributed by atoms with Crippen molar-refractivity contribution < 1.29 is 19.1 Å². The van der Waals surface area contributed by atoms with E-state index >= 15 is 0 Å². The number of anilines is 1. The molecule has 1 heterocycles. The van der Waals surface area contributed by atoms with Crippen LogP contribution in [0.2, 0.25) is 5.02 Å². The van der Waals surface area contributed by atoms with Gasteiger partial charge in [0, 0.05) is 23.6 Å². The summed E-state index contributed by atoms with van der Waals surface area (Å²) in [5.74, 6) is -1.36. The fourth-order valence-electron chi connectivity index (χ4n) is 3.28. The molecule has 0 aliphatic carbocycles. The number of allylic oxidation sites excluding steroid dienone is 2. The Morgan fingerprint density at radius 2 is 1.81 bits per heavy atom. The van der Waals surface area contributed by atoms with E-state index in [1.165, 1.54) is 0 Å². The van der Waals surface area contributed by atoms with Crippen LogP contribution in [0.4, 0.5) is 5.69 Å². The molecule has 7 heteroatoms. The van der Waals surface area contributed by atoms with E-state index in [0.29, 0.717) is 23.6 Å². The molecule has 2 amide bonds. The van der Waals surface area contributed by atoms with Crippen LogP contribution >= 0.6 is 11.6 Å². The molecule has 0 aromatic heterocycles. The maximum absolute atomic E-state index is 12.8. The summed E-state index contributed by atoms with van der Waals surface area (Å²) in [5.41, 5.74) is 1.43. The summed E-state index contributed by atoms with van der Waals surface area (Å²) in [6.07, 6.45) is 4.33. The summed E-state index contributed by atoms with van der Waals surface area (Å²) in [6.45, 7) is 0.146. The van der Waals surface area contributed by atoms with Crippen LogP contribution in [0.3, 0.4) is 0 Å². The second kappa shape index (κ2) is 11.3. The van der Waals surface area contributed by atoms with Gasteiger partial charge in [-0.3, -0.25) is 14.4 Å². The molecular formula is C24H25ClN2O4. The van der Waals surface area contributed by atoms with Crippen LogP contribution in [0.15, 0.2) is 66.7 Å². The zero-order valence-corrected chi connectivity index (χ0v) is 17.8. The molecule has 0 saturated carbocycles. The topological polar surface area (TPSA) is 84.5 Å². The number of benzene rings is 2. The predicted octanol–water partition coefficient (Wildman–Crippen LogP) is 4.43. The minimum Gasteiger partial charge on any atom is -0.456 e. The number of rotatable bonds is 4. The number of cyclic esters (lactones) is 1. The van der Waals surface area contributed by atoms with E-state index in [9.17, 15) is 14.4 Å². The highest BCUT2D eigenvalue weighted by Crippen LogP contribution is 2.20. The maximum atomic E-state index is 12.8. The van der Waals surface area contributed by atoms with Gasteiger partial charge in [-0.15, -0.1) is 0 Å². The third kappa shape index (κ3) is 7.26. The largest absolute Gasteiger partial charge is 0.456 e. The van der Waals surface area contributed by atoms with Crippen LogP contribution in [0.5, 0.6) is 0 Å². The van der Waals surface area contributed by atoms with Crippen LogP contribution in [-0.4, -0.2) is 24.3 Å². The predicted molar refractivity (Wildman–Crippen MR) is 119 cm³/mol. The van der Waals surface area contributed by atoms with Crippen LogP contribution in [0.25, 0.3) is 0 Å². The van der Waals surface area contributed by atoms with Gasteiger partial charge in [0.05, 0.1) is 12.5 Å². The lowest BCUT2D eigenvalue weighted by molar-refractivity contribution is -0.150. The average molecular weight is 441 g/mol. The number of hydrogen-bond donors (Lipinski definition) is 2. The Hall–Kier alpha value is -3.12. The highest BCUT2D eigenvalue weighted by atomic mass is 35.5. The molecule has 0 spiro atoms. The number of ether oxygens (including phenoxy) is 1. The molecule has 31 heavy (non-hydrogen) atoms. The van der Waals surface area contributed by atoms with Gasteiger partial charge in [0.25, 0.3) is 0 Å². The second-order valence-corrected chi connectivity index (χ2v) is 7.77. The Labute approximate surface area is 186 Å². The number of carbonyl (C=O) groups excluding carboxylic acids is 3. The van der Waals surface area contributed by atoms with E-state index in [0.717, 1.165) is 5.56 Å². The third-order valence-corrected chi connectivity index (χ3v) is 5.19. The van der Waals surface area contributed by atoms with E-state index in [4.69, 9.17) is 16.3 Å². The lowest BCUT2D eigenvalue weighted by Crippen LogP contribution is -2.36. The molecule has 1 aliphatic rings. The number of esters is 1. The molecule has 2 N–H and O–H groups in total. The fourth-order valence-corrected chi connectivity index (χ4v) is 3.41. The lowest BCUT2D eigenvalue weighted by atomic mass is 9.98. The van der Waals surface area contributed by atoms with Crippen molar-refractivity contribution in [2.45, 2.75) is 31.8 Å². The quantitative estimate of drug-likeness (QED) is 0.544. The lowest BCUT2D eigenvalue weighted by Gasteiger charge is -2.21. The van der Waals surface area contributed by atoms with E-state index in [-0.39, 0.29) is 37.2 Å². The fraction of sp³-hybridized carbons (Fsp3) is 0.292. The van der Waals surface area contributed by atoms with Gasteiger partial charge < -0.3 is 15.4 Å². The molecule has 2 aromatic rings. The first-order valence-electron chi connectivity index (χ1n) is 10.2. The highest BCUT2D eigenvalue weighted by molar-refractivity contribution is 6.30. The molecule has 162 valence electrons. The zero-order chi connectivity index (χ0) is 22.1. The molecule has 0 radical (unpaired) electrons. The van der Waals surface area contributed by atoms with E-state index in [1.54, 1.807) is 24.3 Å². The molecule has 2 aromatic carbocycles. The van der Waals surface area contributed by atoms with Crippen molar-refractivity contribution >= 4 is 35.1 Å². The third-order valence-electron chi connectivity index (χ3n) is 4.94. The molecule has 0 saturated heterocycles. The molecule has 0 fully saturated rings. The first-order valence-corrected chi connectivity index (χ1v) is 10.6. The number of amides is 2. The summed E-state index contributed by atoms with van der Waals surface area (Å²) >= 11 is 5.87. The molecule has 2 atom stereocenters. The first-order chi connectivity index (χ1) is 15.0. The molecule has 0 bridgehead atoms. The van der Waals surface area contributed by atoms with E-state index < -0.39 is 12.0 Å². The number of halogens is 1. The van der Waals surface area contributed by atoms with Gasteiger partial charge in [-0.1, -0.05) is 54.1 Å². The smallest absolute Gasteiger partial charge is 0.306 e. The average Bonchev–Trinajstić information content (AvgIpc) is 2.76. The maximum Gasteiger partial charge on any atom is 0.306 e. The summed E-state index contributed by atoms with van der Waals surface area (Å²) in [4.78, 5) is 37.5. The van der Waals surface area contributed by atoms with Crippen LogP contribution in [0, 0.1) is 5.92 Å². The Morgan fingerprint density at radius 3 is 2.55 bits per heavy atom. The number of hydrogen-bond acceptors (Lipinski definition) is 4. The molecule has 3 rings (SSSR count). The van der Waals surface area contributed by atoms with Crippen molar-refractivity contribution in [1.29, 1.82) is 0 Å². The van der Waals surface area contributed by atoms with Gasteiger partial charge in [0.2, 0.25) is 11.8 Å². The van der Waals surface area contributed by atoms with Crippen molar-refractivity contribution in [3.8, 4) is 0 Å². The Balaban J connectivity index is 1.68. The van der Waals surface area contributed by atoms with Crippen molar-refractivity contribution in [2.75, 3.05) is 11.9 Å². The summed E-state index contributed by atoms with van der Waals surface area (Å²) in [6, 6.07) is 16.1. The molecule has 0 unspecified atom stereocenters. The second-order valence-electron chi connectivity index (χ2n) is 7.34. The van der Waals surface area contributed by atoms with Crippen LogP contribution in [-0.2, 0) is 19.1 Å². The Kier molecular flexibility index (Phi) is 8.24. The Bertz CT molecular complexity index is 928. The van der Waals surface area contributed by atoms with Crippen molar-refractivity contribution in [3.05, 3.63) is 77.3 Å². The van der Waals surface area contributed by atoms with Gasteiger partial charge >= 0.3 is 5.97 Å². The normalized spacial score (nSPS) is 20.0. The minimum absolute atomic E-state index is 0.0363. The summed E-state index contributed by atoms with van der Waals surface area (Å²) in [7, 11) is 0. The van der Waals surface area contributed by atoms with Gasteiger partial charge in [-0.25, -0.2) is 0 Å². The molecular weight excluding hydrogens is 416 g/mol. The minimum atomic E-state index is -0.579. The van der Waals surface area contributed by atoms with Crippen molar-refractivity contribution in [2.24, 2.45) is 5.92 Å². The van der Waals surface area contributed by atoms with E-state index in [1.807, 2.05) is 42.5 Å². The van der Waals surface area contributed by atoms with Gasteiger partial charge in [0.1, 0.15) is 6.10 Å². The Morgan fingerprint density at radius 1 is 1.06 bits per heavy atom. The van der Waals surface area contributed by atoms with E-state index in [2.05, 4.69) is 10.6 Å². The SMILES string of the molecule is O=C(C[C@@H]1CC=CCCC(=O)O[C@H](c2ccccc2)CNC1=O)Nc1ccc(Cl)cc1. The van der Waals surface area contributed by atoms with Crippen LogP contribution < -0.4 is 10.6 Å². The standard InChI is InChI=1S/C24H25ClN2O4/c25-19-11-13-20(14-12-19)27-22(28)15-18-9-5-2-6-10-23(29)31-21(16-26-24(18)30)17-7-3-1-4-8-17/h1-5,7-8,11-14,18,21H,6,9-10,15-16H2,(H,26,30)(H,27,28)/t18-,21-/m0/s1. The van der Waals surface area contributed by atoms with Crippen molar-refractivity contribution in [3.63, 3.8) is 0 Å². The van der Waals surface area contributed by atoms with Gasteiger partial charge in [0.15, 0.2) is 0 Å². The summed E-state index contributed by atoms with van der Waals surface area (Å²) in [5, 5.41) is 6.22. The molecule has 1 aliphatic heterocycles. The van der Waals surface area contributed by atoms with Crippen molar-refractivity contribution in [1.82, 2.24) is 5.32 Å². The van der Waals surface area contributed by atoms with Gasteiger partial charge in [-0.05, 0) is 42.7 Å². The highest BCUT2D eigenvalue weighted by Gasteiger charge is 2.24. The molecule has 6 nitrogen and oxygen atoms in total. The number of nitrogens with one attached hydrogen (secondary N) is 2. The van der Waals surface area contributed by atoms with Gasteiger partial charge in [-0.2, -0.15) is 0 Å². The summed E-state index contributed by atoms with van der Waals surface area (Å²) < 4.78 is 5.58. The number of carbonyl (C=O) groups is 3. The first kappa shape index (κ1) is 22.6.